The normalized spacial score (nSPS) is 16.9. The number of benzene rings is 1. The van der Waals surface area contributed by atoms with Crippen molar-refractivity contribution >= 4 is 40.1 Å². The Labute approximate surface area is 222 Å². The van der Waals surface area contributed by atoms with Gasteiger partial charge in [-0.1, -0.05) is 0 Å². The summed E-state index contributed by atoms with van der Waals surface area (Å²) in [6.45, 7) is 8.09. The minimum Gasteiger partial charge on any atom is -0.492 e. The third kappa shape index (κ3) is 6.33. The first-order valence-corrected chi connectivity index (χ1v) is 12.4. The zero-order valence-corrected chi connectivity index (χ0v) is 21.7. The number of carboxylic acid groups (broad SMARTS) is 1. The van der Waals surface area contributed by atoms with Crippen LogP contribution in [0.5, 0.6) is 5.75 Å². The fraction of sp³-hybridized carbons (Fsp3) is 0.440. The second-order valence-corrected chi connectivity index (χ2v) is 9.21. The van der Waals surface area contributed by atoms with Crippen LogP contribution in [0.3, 0.4) is 0 Å². The molecule has 0 spiro atoms. The Morgan fingerprint density at radius 2 is 2.03 bits per heavy atom. The number of aromatic nitrogens is 3. The van der Waals surface area contributed by atoms with Gasteiger partial charge in [-0.2, -0.15) is 18.3 Å². The van der Waals surface area contributed by atoms with Crippen LogP contribution in [0.15, 0.2) is 30.6 Å². The molecule has 4 heterocycles. The fourth-order valence-electron chi connectivity index (χ4n) is 4.65. The van der Waals surface area contributed by atoms with Gasteiger partial charge in [0.1, 0.15) is 11.6 Å². The number of pyridine rings is 1. The maximum absolute atomic E-state index is 13.3. The lowest BCUT2D eigenvalue weighted by molar-refractivity contribution is -0.192. The largest absolute Gasteiger partial charge is 0.492 e. The molecule has 2 aromatic heterocycles. The molecule has 0 bridgehead atoms. The summed E-state index contributed by atoms with van der Waals surface area (Å²) in [5.74, 6) is -1.40. The lowest BCUT2D eigenvalue weighted by atomic mass is 10.1. The van der Waals surface area contributed by atoms with Gasteiger partial charge in [0.15, 0.2) is 0 Å². The number of carbonyl (C=O) groups excluding carboxylic acids is 1. The van der Waals surface area contributed by atoms with Crippen LogP contribution >= 0.6 is 0 Å². The van der Waals surface area contributed by atoms with Crippen LogP contribution in [0.4, 0.5) is 35.2 Å². The summed E-state index contributed by atoms with van der Waals surface area (Å²) in [6.07, 6.45) is -0.557. The lowest BCUT2D eigenvalue weighted by Crippen LogP contribution is -2.49. The molecule has 2 amide bonds. The maximum atomic E-state index is 13.3. The standard InChI is InChI=1S/C23H29N7O2.C2HF3O2/c1-4-32-21-12-18-16(14-28(3)27-18)11-19(21)26-23(31)30-9-6-17-20(5-7-25-22(17)30)29-10-8-24-15(2)13-29;3-2(4,5)1(6)7/h5,7,11-12,14-15,24H,4,6,8-10,13H2,1-3H3,(H,26,31);(H,6,7)/t15-;/m0./s1. The van der Waals surface area contributed by atoms with Crippen molar-refractivity contribution in [1.82, 2.24) is 20.1 Å². The average molecular weight is 550 g/mol. The number of carboxylic acids is 1. The molecule has 1 aromatic carbocycles. The van der Waals surface area contributed by atoms with Crippen LogP contribution in [0.25, 0.3) is 10.9 Å². The Morgan fingerprint density at radius 1 is 1.28 bits per heavy atom. The summed E-state index contributed by atoms with van der Waals surface area (Å²) >= 11 is 0. The number of aliphatic carboxylic acids is 1. The van der Waals surface area contributed by atoms with Crippen molar-refractivity contribution in [3.63, 3.8) is 0 Å². The first-order valence-electron chi connectivity index (χ1n) is 12.4. The summed E-state index contributed by atoms with van der Waals surface area (Å²) in [7, 11) is 1.88. The number of urea groups is 1. The van der Waals surface area contributed by atoms with Crippen molar-refractivity contribution in [1.29, 1.82) is 0 Å². The van der Waals surface area contributed by atoms with Crippen molar-refractivity contribution in [2.24, 2.45) is 7.05 Å². The molecule has 1 fully saturated rings. The zero-order chi connectivity index (χ0) is 28.3. The molecule has 2 aliphatic heterocycles. The predicted molar refractivity (Wildman–Crippen MR) is 140 cm³/mol. The first kappa shape index (κ1) is 28.0. The van der Waals surface area contributed by atoms with Crippen molar-refractivity contribution in [3.8, 4) is 5.75 Å². The molecule has 39 heavy (non-hydrogen) atoms. The van der Waals surface area contributed by atoms with Crippen LogP contribution in [0, 0.1) is 0 Å². The van der Waals surface area contributed by atoms with Gasteiger partial charge in [0.25, 0.3) is 0 Å². The van der Waals surface area contributed by atoms with E-state index in [2.05, 4.69) is 38.6 Å². The summed E-state index contributed by atoms with van der Waals surface area (Å²) in [5.41, 5.74) is 3.80. The number of rotatable bonds is 4. The number of halogens is 3. The number of hydrogen-bond donors (Lipinski definition) is 3. The number of anilines is 3. The quantitative estimate of drug-likeness (QED) is 0.453. The van der Waals surface area contributed by atoms with Crippen LogP contribution in [-0.2, 0) is 18.3 Å². The van der Waals surface area contributed by atoms with Crippen molar-refractivity contribution < 1.29 is 32.6 Å². The highest BCUT2D eigenvalue weighted by molar-refractivity contribution is 6.05. The summed E-state index contributed by atoms with van der Waals surface area (Å²) < 4.78 is 39.3. The Kier molecular flexibility index (Phi) is 8.14. The van der Waals surface area contributed by atoms with Crippen LogP contribution in [0.2, 0.25) is 0 Å². The van der Waals surface area contributed by atoms with E-state index in [-0.39, 0.29) is 6.03 Å². The Morgan fingerprint density at radius 3 is 2.69 bits per heavy atom. The number of nitrogens with one attached hydrogen (secondary N) is 2. The monoisotopic (exact) mass is 549 g/mol. The minimum absolute atomic E-state index is 0.203. The van der Waals surface area contributed by atoms with E-state index in [4.69, 9.17) is 14.6 Å². The third-order valence-corrected chi connectivity index (χ3v) is 6.31. The predicted octanol–water partition coefficient (Wildman–Crippen LogP) is 3.39. The summed E-state index contributed by atoms with van der Waals surface area (Å²) in [6, 6.07) is 6.09. The van der Waals surface area contributed by atoms with Crippen LogP contribution < -0.4 is 25.2 Å². The molecule has 3 N–H and O–H groups in total. The van der Waals surface area contributed by atoms with Gasteiger partial charge in [-0.25, -0.2) is 14.6 Å². The van der Waals surface area contributed by atoms with Gasteiger partial charge in [0, 0.05) is 74.4 Å². The summed E-state index contributed by atoms with van der Waals surface area (Å²) in [5, 5.41) is 19.0. The Balaban J connectivity index is 0.000000448. The summed E-state index contributed by atoms with van der Waals surface area (Å²) in [4.78, 5) is 30.9. The highest BCUT2D eigenvalue weighted by Crippen LogP contribution is 2.36. The number of aryl methyl sites for hydroxylation is 1. The van der Waals surface area contributed by atoms with E-state index in [1.807, 2.05) is 32.3 Å². The van der Waals surface area contributed by atoms with E-state index in [1.165, 1.54) is 5.69 Å². The molecule has 0 aliphatic carbocycles. The average Bonchev–Trinajstić information content (AvgIpc) is 3.46. The van der Waals surface area contributed by atoms with Crippen molar-refractivity contribution in [2.75, 3.05) is 47.9 Å². The van der Waals surface area contributed by atoms with E-state index in [9.17, 15) is 18.0 Å². The van der Waals surface area contributed by atoms with Gasteiger partial charge >= 0.3 is 18.2 Å². The number of nitrogens with zero attached hydrogens (tertiary/aromatic N) is 5. The second kappa shape index (κ2) is 11.4. The molecule has 1 atom stereocenters. The molecule has 0 saturated carbocycles. The second-order valence-electron chi connectivity index (χ2n) is 9.21. The van der Waals surface area contributed by atoms with E-state index in [0.717, 1.165) is 48.3 Å². The van der Waals surface area contributed by atoms with Crippen molar-refractivity contribution in [2.45, 2.75) is 32.5 Å². The number of hydrogen-bond acceptors (Lipinski definition) is 7. The van der Waals surface area contributed by atoms with Gasteiger partial charge in [-0.3, -0.25) is 9.58 Å². The molecule has 0 unspecified atom stereocenters. The maximum Gasteiger partial charge on any atom is 0.490 e. The highest BCUT2D eigenvalue weighted by Gasteiger charge is 2.38. The molecular formula is C25H30F3N7O4. The smallest absolute Gasteiger partial charge is 0.490 e. The third-order valence-electron chi connectivity index (χ3n) is 6.31. The van der Waals surface area contributed by atoms with E-state index >= 15 is 0 Å². The number of piperazine rings is 1. The fourth-order valence-corrected chi connectivity index (χ4v) is 4.65. The number of amides is 2. The van der Waals surface area contributed by atoms with E-state index in [0.29, 0.717) is 30.6 Å². The molecule has 0 radical (unpaired) electrons. The molecular weight excluding hydrogens is 519 g/mol. The molecule has 14 heteroatoms. The van der Waals surface area contributed by atoms with Crippen LogP contribution in [0.1, 0.15) is 19.4 Å². The number of alkyl halides is 3. The molecule has 1 saturated heterocycles. The van der Waals surface area contributed by atoms with Crippen LogP contribution in [-0.4, -0.2) is 76.9 Å². The van der Waals surface area contributed by atoms with Gasteiger partial charge < -0.3 is 25.4 Å². The Bertz CT molecular complexity index is 1360. The van der Waals surface area contributed by atoms with Gasteiger partial charge in [0.05, 0.1) is 17.8 Å². The van der Waals surface area contributed by atoms with Gasteiger partial charge in [-0.05, 0) is 32.4 Å². The first-order chi connectivity index (χ1) is 18.5. The van der Waals surface area contributed by atoms with Crippen molar-refractivity contribution in [3.05, 3.63) is 36.2 Å². The SMILES string of the molecule is CCOc1cc2nn(C)cc2cc1NC(=O)N1CCc2c(N3CCN[C@@H](C)C3)ccnc21.O=C(O)C(F)(F)F. The number of carbonyl (C=O) groups is 2. The molecule has 11 nitrogen and oxygen atoms in total. The van der Waals surface area contributed by atoms with Gasteiger partial charge in [0.2, 0.25) is 0 Å². The molecule has 5 rings (SSSR count). The Hall–Kier alpha value is -4.07. The number of fused-ring (bicyclic) bond motifs is 2. The van der Waals surface area contributed by atoms with E-state index < -0.39 is 12.1 Å². The number of ether oxygens (including phenoxy) is 1. The topological polar surface area (TPSA) is 125 Å². The van der Waals surface area contributed by atoms with Gasteiger partial charge in [-0.15, -0.1) is 0 Å². The highest BCUT2D eigenvalue weighted by atomic mass is 19.4. The molecule has 210 valence electrons. The zero-order valence-electron chi connectivity index (χ0n) is 21.7. The molecule has 2 aliphatic rings. The minimum atomic E-state index is -5.08. The van der Waals surface area contributed by atoms with E-state index in [1.54, 1.807) is 15.8 Å². The molecule has 3 aromatic rings. The lowest BCUT2D eigenvalue weighted by Gasteiger charge is -2.34.